The number of likely N-dealkylation sites (N-methyl/N-ethyl adjacent to an activating group) is 1. The highest BCUT2D eigenvalue weighted by molar-refractivity contribution is 7.88. The molecule has 10 heteroatoms. The van der Waals surface area contributed by atoms with Crippen LogP contribution in [-0.4, -0.2) is 45.3 Å². The first kappa shape index (κ1) is 18.8. The first-order valence-corrected chi connectivity index (χ1v) is 9.93. The van der Waals surface area contributed by atoms with Crippen LogP contribution >= 0.6 is 0 Å². The smallest absolute Gasteiger partial charge is 0.345 e. The zero-order valence-corrected chi connectivity index (χ0v) is 16.4. The van der Waals surface area contributed by atoms with Gasteiger partial charge in [0.1, 0.15) is 11.4 Å². The molecule has 0 atom stereocenters. The van der Waals surface area contributed by atoms with E-state index in [-0.39, 0.29) is 18.2 Å². The molecule has 1 N–H and O–H groups in total. The number of methoxy groups -OCH3 is 1. The minimum absolute atomic E-state index is 0.0736. The molecular formula is C19H17N3O6S. The van der Waals surface area contributed by atoms with E-state index in [0.717, 1.165) is 4.31 Å². The van der Waals surface area contributed by atoms with Crippen LogP contribution in [0.2, 0.25) is 0 Å². The third kappa shape index (κ3) is 3.61. The molecule has 2 aliphatic heterocycles. The van der Waals surface area contributed by atoms with E-state index in [1.54, 1.807) is 42.5 Å². The molecule has 0 saturated carbocycles. The molecule has 0 radical (unpaired) electrons. The average Bonchev–Trinajstić information content (AvgIpc) is 3.17. The second kappa shape index (κ2) is 7.13. The summed E-state index contributed by atoms with van der Waals surface area (Å²) in [7, 11) is -1.29. The Bertz CT molecular complexity index is 1160. The van der Waals surface area contributed by atoms with E-state index in [1.165, 1.54) is 20.2 Å². The molecule has 9 nitrogen and oxygen atoms in total. The number of ether oxygens (including phenoxy) is 3. The predicted octanol–water partition coefficient (Wildman–Crippen LogP) is 1.93. The molecule has 2 aliphatic rings. The summed E-state index contributed by atoms with van der Waals surface area (Å²) in [5.74, 6) is 1.01. The fourth-order valence-corrected chi connectivity index (χ4v) is 3.77. The Morgan fingerprint density at radius 1 is 1.17 bits per heavy atom. The second-order valence-corrected chi connectivity index (χ2v) is 7.83. The number of fused-ring (bicyclic) bond motifs is 1. The Hall–Kier alpha value is -3.53. The van der Waals surface area contributed by atoms with Crippen molar-refractivity contribution in [1.82, 2.24) is 4.31 Å². The number of anilines is 1. The largest absolute Gasteiger partial charge is 0.497 e. The Kier molecular flexibility index (Phi) is 4.63. The lowest BCUT2D eigenvalue weighted by Crippen LogP contribution is -2.35. The number of hydrogen-bond donors (Lipinski definition) is 1. The number of carbonyl (C=O) groups is 1. The summed E-state index contributed by atoms with van der Waals surface area (Å²) in [5, 5.41) is 2.68. The first-order valence-electron chi connectivity index (χ1n) is 8.53. The standard InChI is InChI=1S/C19H17N3O6S/c1-22-16(19(23)20-13-6-7-17-18(9-13)28-11-27-17)10-15(21-29(22,24)25)12-4-3-5-14(8-12)26-2/h3-10H,11H2,1-2H3,(H,20,23). The number of benzene rings is 2. The molecule has 29 heavy (non-hydrogen) atoms. The van der Waals surface area contributed by atoms with Gasteiger partial charge in [0.2, 0.25) is 6.79 Å². The molecule has 4 rings (SSSR count). The van der Waals surface area contributed by atoms with Crippen LogP contribution in [0.1, 0.15) is 5.56 Å². The quantitative estimate of drug-likeness (QED) is 0.818. The van der Waals surface area contributed by atoms with Crippen molar-refractivity contribution in [3.63, 3.8) is 0 Å². The third-order valence-corrected chi connectivity index (χ3v) is 5.72. The van der Waals surface area contributed by atoms with E-state index in [2.05, 4.69) is 9.71 Å². The SMILES string of the molecule is COc1cccc(C2=NS(=O)(=O)N(C)C(C(=O)Nc3ccc4c(c3)OCO4)=C2)c1. The molecule has 0 unspecified atom stereocenters. The van der Waals surface area contributed by atoms with E-state index >= 15 is 0 Å². The van der Waals surface area contributed by atoms with Gasteiger partial charge in [-0.1, -0.05) is 12.1 Å². The van der Waals surface area contributed by atoms with Crippen molar-refractivity contribution in [2.45, 2.75) is 0 Å². The number of carbonyl (C=O) groups excluding carboxylic acids is 1. The van der Waals surface area contributed by atoms with Crippen LogP contribution in [0.15, 0.2) is 58.6 Å². The molecular weight excluding hydrogens is 398 g/mol. The van der Waals surface area contributed by atoms with Crippen molar-refractivity contribution in [3.8, 4) is 17.2 Å². The van der Waals surface area contributed by atoms with Crippen LogP contribution in [-0.2, 0) is 15.0 Å². The normalized spacial score (nSPS) is 16.7. The summed E-state index contributed by atoms with van der Waals surface area (Å²) in [6.45, 7) is 0.110. The molecule has 2 heterocycles. The van der Waals surface area contributed by atoms with Gasteiger partial charge in [-0.05, 0) is 30.3 Å². The number of rotatable bonds is 4. The van der Waals surface area contributed by atoms with Gasteiger partial charge in [-0.15, -0.1) is 4.40 Å². The highest BCUT2D eigenvalue weighted by Gasteiger charge is 2.30. The molecule has 0 saturated heterocycles. The van der Waals surface area contributed by atoms with Crippen molar-refractivity contribution in [2.75, 3.05) is 26.3 Å². The lowest BCUT2D eigenvalue weighted by atomic mass is 10.1. The van der Waals surface area contributed by atoms with E-state index in [9.17, 15) is 13.2 Å². The number of hydrogen-bond acceptors (Lipinski definition) is 6. The van der Waals surface area contributed by atoms with Crippen molar-refractivity contribution in [2.24, 2.45) is 4.40 Å². The fraction of sp³-hybridized carbons (Fsp3) is 0.158. The summed E-state index contributed by atoms with van der Waals surface area (Å²) >= 11 is 0. The molecule has 0 spiro atoms. The van der Waals surface area contributed by atoms with Crippen molar-refractivity contribution < 1.29 is 27.4 Å². The minimum atomic E-state index is -4.07. The zero-order chi connectivity index (χ0) is 20.6. The van der Waals surface area contributed by atoms with Gasteiger partial charge in [0, 0.05) is 24.4 Å². The third-order valence-electron chi connectivity index (χ3n) is 4.40. The Balaban J connectivity index is 1.66. The lowest BCUT2D eigenvalue weighted by Gasteiger charge is -2.23. The molecule has 0 bridgehead atoms. The van der Waals surface area contributed by atoms with E-state index in [1.807, 2.05) is 0 Å². The van der Waals surface area contributed by atoms with Crippen LogP contribution in [0, 0.1) is 0 Å². The van der Waals surface area contributed by atoms with E-state index < -0.39 is 16.1 Å². The summed E-state index contributed by atoms with van der Waals surface area (Å²) in [6, 6.07) is 11.7. The van der Waals surface area contributed by atoms with Crippen LogP contribution < -0.4 is 19.5 Å². The summed E-state index contributed by atoms with van der Waals surface area (Å²) < 4.78 is 45.3. The summed E-state index contributed by atoms with van der Waals surface area (Å²) in [5.41, 5.74) is 1.01. The van der Waals surface area contributed by atoms with Gasteiger partial charge >= 0.3 is 10.2 Å². The van der Waals surface area contributed by atoms with Crippen LogP contribution in [0.3, 0.4) is 0 Å². The highest BCUT2D eigenvalue weighted by Crippen LogP contribution is 2.34. The number of allylic oxidation sites excluding steroid dienone is 1. The lowest BCUT2D eigenvalue weighted by molar-refractivity contribution is -0.113. The Labute approximate surface area is 167 Å². The Morgan fingerprint density at radius 2 is 1.97 bits per heavy atom. The van der Waals surface area contributed by atoms with Gasteiger partial charge in [-0.25, -0.2) is 4.31 Å². The van der Waals surface area contributed by atoms with Crippen LogP contribution in [0.5, 0.6) is 17.2 Å². The maximum absolute atomic E-state index is 12.8. The molecule has 0 aliphatic carbocycles. The van der Waals surface area contributed by atoms with E-state index in [0.29, 0.717) is 28.5 Å². The van der Waals surface area contributed by atoms with Gasteiger partial charge in [-0.3, -0.25) is 4.79 Å². The zero-order valence-electron chi connectivity index (χ0n) is 15.6. The minimum Gasteiger partial charge on any atom is -0.497 e. The molecule has 1 amide bonds. The molecule has 0 fully saturated rings. The van der Waals surface area contributed by atoms with Gasteiger partial charge < -0.3 is 19.5 Å². The van der Waals surface area contributed by atoms with Crippen LogP contribution in [0.4, 0.5) is 5.69 Å². The molecule has 150 valence electrons. The van der Waals surface area contributed by atoms with Gasteiger partial charge in [0.25, 0.3) is 5.91 Å². The maximum Gasteiger partial charge on any atom is 0.345 e. The second-order valence-electron chi connectivity index (χ2n) is 6.21. The topological polar surface area (TPSA) is 107 Å². The first-order chi connectivity index (χ1) is 13.9. The summed E-state index contributed by atoms with van der Waals surface area (Å²) in [4.78, 5) is 12.8. The van der Waals surface area contributed by atoms with Gasteiger partial charge in [-0.2, -0.15) is 8.42 Å². The number of nitrogens with one attached hydrogen (secondary N) is 1. The maximum atomic E-state index is 12.8. The van der Waals surface area contributed by atoms with Crippen molar-refractivity contribution in [3.05, 3.63) is 59.8 Å². The van der Waals surface area contributed by atoms with Crippen molar-refractivity contribution >= 4 is 27.5 Å². The predicted molar refractivity (Wildman–Crippen MR) is 105 cm³/mol. The van der Waals surface area contributed by atoms with Gasteiger partial charge in [0.15, 0.2) is 11.5 Å². The highest BCUT2D eigenvalue weighted by atomic mass is 32.2. The van der Waals surface area contributed by atoms with Gasteiger partial charge in [0.05, 0.1) is 12.8 Å². The number of amides is 1. The Morgan fingerprint density at radius 3 is 2.76 bits per heavy atom. The number of nitrogens with zero attached hydrogens (tertiary/aromatic N) is 2. The van der Waals surface area contributed by atoms with Crippen molar-refractivity contribution in [1.29, 1.82) is 0 Å². The molecule has 0 aromatic heterocycles. The van der Waals surface area contributed by atoms with E-state index in [4.69, 9.17) is 14.2 Å². The molecule has 2 aromatic carbocycles. The monoisotopic (exact) mass is 415 g/mol. The molecule has 2 aromatic rings. The van der Waals surface area contributed by atoms with Crippen LogP contribution in [0.25, 0.3) is 0 Å². The summed E-state index contributed by atoms with van der Waals surface area (Å²) in [6.07, 6.45) is 1.41. The fourth-order valence-electron chi connectivity index (χ4n) is 2.85. The average molecular weight is 415 g/mol.